The van der Waals surface area contributed by atoms with E-state index in [1.54, 1.807) is 7.05 Å². The first-order valence-corrected chi connectivity index (χ1v) is 7.13. The molecular weight excluding hydrogens is 228 g/mol. The first kappa shape index (κ1) is 13.6. The molecule has 2 aliphatic rings. The summed E-state index contributed by atoms with van der Waals surface area (Å²) < 4.78 is 0. The Morgan fingerprint density at radius 3 is 2.33 bits per heavy atom. The SMILES string of the molecule is CNC(=O)N1CCC(CN2CCC(N)CC2)CC1. The van der Waals surface area contributed by atoms with Crippen LogP contribution >= 0.6 is 0 Å². The third kappa shape index (κ3) is 3.59. The fourth-order valence-electron chi connectivity index (χ4n) is 2.98. The van der Waals surface area contributed by atoms with E-state index in [4.69, 9.17) is 5.73 Å². The Morgan fingerprint density at radius 2 is 1.78 bits per heavy atom. The lowest BCUT2D eigenvalue weighted by Gasteiger charge is -2.37. The molecule has 0 atom stereocenters. The quantitative estimate of drug-likeness (QED) is 0.752. The van der Waals surface area contributed by atoms with Crippen LogP contribution in [0.25, 0.3) is 0 Å². The molecule has 2 heterocycles. The van der Waals surface area contributed by atoms with Crippen LogP contribution in [0.4, 0.5) is 4.79 Å². The van der Waals surface area contributed by atoms with Crippen LogP contribution in [0.1, 0.15) is 25.7 Å². The van der Waals surface area contributed by atoms with E-state index < -0.39 is 0 Å². The number of amides is 2. The van der Waals surface area contributed by atoms with Crippen LogP contribution in [0.5, 0.6) is 0 Å². The molecule has 0 spiro atoms. The summed E-state index contributed by atoms with van der Waals surface area (Å²) in [5.41, 5.74) is 5.92. The van der Waals surface area contributed by atoms with Crippen molar-refractivity contribution < 1.29 is 4.79 Å². The van der Waals surface area contributed by atoms with E-state index in [0.29, 0.717) is 6.04 Å². The van der Waals surface area contributed by atoms with Crippen LogP contribution in [0.2, 0.25) is 0 Å². The Hall–Kier alpha value is -0.810. The fraction of sp³-hybridized carbons (Fsp3) is 0.923. The number of urea groups is 1. The van der Waals surface area contributed by atoms with E-state index in [2.05, 4.69) is 10.2 Å². The van der Waals surface area contributed by atoms with Crippen molar-refractivity contribution >= 4 is 6.03 Å². The molecule has 0 aromatic carbocycles. The highest BCUT2D eigenvalue weighted by Gasteiger charge is 2.25. The molecule has 0 aromatic rings. The van der Waals surface area contributed by atoms with Crippen LogP contribution < -0.4 is 11.1 Å². The number of rotatable bonds is 2. The molecule has 2 saturated heterocycles. The number of nitrogens with two attached hydrogens (primary N) is 1. The van der Waals surface area contributed by atoms with E-state index in [9.17, 15) is 4.79 Å². The normalized spacial score (nSPS) is 24.2. The van der Waals surface area contributed by atoms with Gasteiger partial charge in [-0.25, -0.2) is 4.79 Å². The molecule has 18 heavy (non-hydrogen) atoms. The summed E-state index contributed by atoms with van der Waals surface area (Å²) in [6.07, 6.45) is 4.54. The first-order valence-electron chi connectivity index (χ1n) is 7.13. The predicted molar refractivity (Wildman–Crippen MR) is 72.4 cm³/mol. The maximum Gasteiger partial charge on any atom is 0.317 e. The summed E-state index contributed by atoms with van der Waals surface area (Å²) in [6, 6.07) is 0.480. The molecule has 2 fully saturated rings. The van der Waals surface area contributed by atoms with Crippen LogP contribution in [0.3, 0.4) is 0 Å². The Labute approximate surface area is 110 Å². The van der Waals surface area contributed by atoms with E-state index in [1.807, 2.05) is 4.90 Å². The summed E-state index contributed by atoms with van der Waals surface area (Å²) in [7, 11) is 1.70. The van der Waals surface area contributed by atoms with Crippen molar-refractivity contribution in [3.05, 3.63) is 0 Å². The Bertz CT molecular complexity index is 268. The van der Waals surface area contributed by atoms with E-state index in [-0.39, 0.29) is 6.03 Å². The zero-order chi connectivity index (χ0) is 13.0. The smallest absolute Gasteiger partial charge is 0.317 e. The number of likely N-dealkylation sites (tertiary alicyclic amines) is 2. The molecule has 2 amide bonds. The molecule has 0 radical (unpaired) electrons. The van der Waals surface area contributed by atoms with Gasteiger partial charge in [0.15, 0.2) is 0 Å². The van der Waals surface area contributed by atoms with Gasteiger partial charge in [-0.05, 0) is 44.7 Å². The molecule has 0 unspecified atom stereocenters. The van der Waals surface area contributed by atoms with E-state index in [1.165, 1.54) is 6.54 Å². The second-order valence-electron chi connectivity index (χ2n) is 5.62. The standard InChI is InChI=1S/C13H26N4O/c1-15-13(18)17-8-2-11(3-9-17)10-16-6-4-12(14)5-7-16/h11-12H,2-10,14H2,1H3,(H,15,18). The third-order valence-electron chi connectivity index (χ3n) is 4.26. The summed E-state index contributed by atoms with van der Waals surface area (Å²) in [6.45, 7) is 5.29. The molecule has 5 nitrogen and oxygen atoms in total. The lowest BCUT2D eigenvalue weighted by atomic mass is 9.95. The van der Waals surface area contributed by atoms with Crippen LogP contribution in [-0.4, -0.2) is 61.6 Å². The molecule has 0 aliphatic carbocycles. The minimum absolute atomic E-state index is 0.0670. The van der Waals surface area contributed by atoms with Gasteiger partial charge in [-0.1, -0.05) is 0 Å². The molecule has 0 bridgehead atoms. The van der Waals surface area contributed by atoms with Crippen molar-refractivity contribution in [3.63, 3.8) is 0 Å². The first-order chi connectivity index (χ1) is 8.69. The number of piperidine rings is 2. The van der Waals surface area contributed by atoms with Crippen LogP contribution in [0.15, 0.2) is 0 Å². The van der Waals surface area contributed by atoms with Gasteiger partial charge in [-0.15, -0.1) is 0 Å². The molecule has 104 valence electrons. The topological polar surface area (TPSA) is 61.6 Å². The van der Waals surface area contributed by atoms with Crippen molar-refractivity contribution in [2.24, 2.45) is 11.7 Å². The minimum atomic E-state index is 0.0670. The van der Waals surface area contributed by atoms with Gasteiger partial charge in [0.1, 0.15) is 0 Å². The minimum Gasteiger partial charge on any atom is -0.341 e. The number of carbonyl (C=O) groups is 1. The molecular formula is C13H26N4O. The highest BCUT2D eigenvalue weighted by molar-refractivity contribution is 5.73. The highest BCUT2D eigenvalue weighted by Crippen LogP contribution is 2.20. The van der Waals surface area contributed by atoms with Crippen molar-refractivity contribution in [2.75, 3.05) is 39.8 Å². The summed E-state index contributed by atoms with van der Waals surface area (Å²) in [4.78, 5) is 16.0. The summed E-state index contributed by atoms with van der Waals surface area (Å²) in [5.74, 6) is 0.750. The van der Waals surface area contributed by atoms with Gasteiger partial charge in [0, 0.05) is 32.7 Å². The van der Waals surface area contributed by atoms with Gasteiger partial charge in [-0.2, -0.15) is 0 Å². The van der Waals surface area contributed by atoms with Gasteiger partial charge in [-0.3, -0.25) is 0 Å². The number of carbonyl (C=O) groups excluding carboxylic acids is 1. The van der Waals surface area contributed by atoms with Crippen LogP contribution in [0, 0.1) is 5.92 Å². The maximum atomic E-state index is 11.5. The zero-order valence-corrected chi connectivity index (χ0v) is 11.4. The molecule has 5 heteroatoms. The summed E-state index contributed by atoms with van der Waals surface area (Å²) in [5, 5.41) is 2.70. The largest absolute Gasteiger partial charge is 0.341 e. The number of nitrogens with zero attached hydrogens (tertiary/aromatic N) is 2. The van der Waals surface area contributed by atoms with Crippen molar-refractivity contribution in [2.45, 2.75) is 31.7 Å². The van der Waals surface area contributed by atoms with Crippen LogP contribution in [-0.2, 0) is 0 Å². The van der Waals surface area contributed by atoms with Gasteiger partial charge >= 0.3 is 6.03 Å². The van der Waals surface area contributed by atoms with Crippen molar-refractivity contribution in [1.29, 1.82) is 0 Å². The van der Waals surface area contributed by atoms with E-state index >= 15 is 0 Å². The van der Waals surface area contributed by atoms with Gasteiger partial charge in [0.05, 0.1) is 0 Å². The second-order valence-corrected chi connectivity index (χ2v) is 5.62. The molecule has 3 N–H and O–H groups in total. The Morgan fingerprint density at radius 1 is 1.17 bits per heavy atom. The van der Waals surface area contributed by atoms with E-state index in [0.717, 1.165) is 57.8 Å². The average molecular weight is 254 g/mol. The maximum absolute atomic E-state index is 11.5. The highest BCUT2D eigenvalue weighted by atomic mass is 16.2. The Balaban J connectivity index is 1.69. The predicted octanol–water partition coefficient (Wildman–Crippen LogP) is 0.461. The Kier molecular flexibility index (Phi) is 4.83. The molecule has 0 aromatic heterocycles. The number of hydrogen-bond acceptors (Lipinski definition) is 3. The monoisotopic (exact) mass is 254 g/mol. The van der Waals surface area contributed by atoms with Gasteiger partial charge in [0.25, 0.3) is 0 Å². The van der Waals surface area contributed by atoms with Gasteiger partial charge < -0.3 is 20.9 Å². The van der Waals surface area contributed by atoms with Gasteiger partial charge in [0.2, 0.25) is 0 Å². The lowest BCUT2D eigenvalue weighted by Crippen LogP contribution is -2.46. The third-order valence-corrected chi connectivity index (χ3v) is 4.26. The molecule has 0 saturated carbocycles. The van der Waals surface area contributed by atoms with Crippen molar-refractivity contribution in [1.82, 2.24) is 15.1 Å². The molecule has 2 rings (SSSR count). The summed E-state index contributed by atoms with van der Waals surface area (Å²) >= 11 is 0. The molecule has 2 aliphatic heterocycles. The number of hydrogen-bond donors (Lipinski definition) is 2. The fourth-order valence-corrected chi connectivity index (χ4v) is 2.98. The number of nitrogens with one attached hydrogen (secondary N) is 1. The zero-order valence-electron chi connectivity index (χ0n) is 11.4. The lowest BCUT2D eigenvalue weighted by molar-refractivity contribution is 0.134. The average Bonchev–Trinajstić information content (AvgIpc) is 2.41. The van der Waals surface area contributed by atoms with Crippen molar-refractivity contribution in [3.8, 4) is 0 Å². The second kappa shape index (κ2) is 6.38.